The maximum atomic E-state index is 7.29. The fourth-order valence-electron chi connectivity index (χ4n) is 10.1. The predicted molar refractivity (Wildman–Crippen MR) is 249 cm³/mol. The Balaban J connectivity index is 1.13. The molecule has 11 rings (SSSR count). The third kappa shape index (κ3) is 5.30. The third-order valence-electron chi connectivity index (χ3n) is 13.6. The molecule has 0 amide bonds. The first kappa shape index (κ1) is 36.6. The van der Waals surface area contributed by atoms with E-state index in [2.05, 4.69) is 192 Å². The molecule has 0 saturated carbocycles. The number of benzene rings is 6. The maximum Gasteiger partial charge on any atom is 0.217 e. The van der Waals surface area contributed by atoms with E-state index in [1.54, 1.807) is 0 Å². The number of hydrogen-bond acceptors (Lipinski definition) is 3. The molecule has 0 fully saturated rings. The zero-order chi connectivity index (χ0) is 41.3. The van der Waals surface area contributed by atoms with E-state index in [1.165, 1.54) is 60.6 Å². The minimum Gasteiger partial charge on any atom is -0.464 e. The molecule has 1 aliphatic heterocycles. The van der Waals surface area contributed by atoms with Gasteiger partial charge in [0.05, 0.1) is 16.6 Å². The van der Waals surface area contributed by atoms with E-state index in [9.17, 15) is 0 Å². The molecule has 0 unspecified atom stereocenters. The smallest absolute Gasteiger partial charge is 0.217 e. The molecular formula is C55H50N4O. The van der Waals surface area contributed by atoms with Crippen LogP contribution in [-0.2, 0) is 22.2 Å². The van der Waals surface area contributed by atoms with E-state index in [1.807, 2.05) is 12.3 Å². The van der Waals surface area contributed by atoms with Crippen molar-refractivity contribution < 1.29 is 4.74 Å². The molecule has 0 spiro atoms. The van der Waals surface area contributed by atoms with E-state index in [-0.39, 0.29) is 11.3 Å². The van der Waals surface area contributed by atoms with Gasteiger partial charge < -0.3 is 9.30 Å². The van der Waals surface area contributed by atoms with Crippen LogP contribution in [0.4, 0.5) is 0 Å². The first-order valence-corrected chi connectivity index (χ1v) is 21.4. The number of nitrogens with zero attached hydrogens (tertiary/aromatic N) is 4. The Morgan fingerprint density at radius 2 is 1.40 bits per heavy atom. The van der Waals surface area contributed by atoms with E-state index in [4.69, 9.17) is 14.7 Å². The van der Waals surface area contributed by atoms with Crippen LogP contribution in [0.3, 0.4) is 0 Å². The summed E-state index contributed by atoms with van der Waals surface area (Å²) in [5.41, 5.74) is 15.2. The fourth-order valence-corrected chi connectivity index (χ4v) is 10.1. The molecule has 0 radical (unpaired) electrons. The number of rotatable bonds is 4. The van der Waals surface area contributed by atoms with Crippen LogP contribution in [-0.4, -0.2) is 25.6 Å². The topological polar surface area (TPSA) is 44.3 Å². The monoisotopic (exact) mass is 782 g/mol. The van der Waals surface area contributed by atoms with Crippen molar-refractivity contribution in [2.45, 2.75) is 84.3 Å². The van der Waals surface area contributed by atoms with Crippen LogP contribution >= 0.6 is 0 Å². The Kier molecular flexibility index (Phi) is 7.79. The summed E-state index contributed by atoms with van der Waals surface area (Å²) in [5.74, 6) is 0.976. The molecule has 5 heteroatoms. The van der Waals surface area contributed by atoms with E-state index < -0.39 is 11.1 Å². The summed E-state index contributed by atoms with van der Waals surface area (Å²) < 4.78 is 12.1. The summed E-state index contributed by atoms with van der Waals surface area (Å²) in [6, 6.07) is 49.4. The van der Waals surface area contributed by atoms with Gasteiger partial charge >= 0.3 is 0 Å². The molecule has 1 aliphatic carbocycles. The molecule has 4 heterocycles. The van der Waals surface area contributed by atoms with Crippen LogP contribution in [0, 0.1) is 6.92 Å². The van der Waals surface area contributed by atoms with Crippen LogP contribution < -0.4 is 0 Å². The number of pyridine rings is 1. The Morgan fingerprint density at radius 3 is 2.22 bits per heavy atom. The quantitative estimate of drug-likeness (QED) is 0.178. The van der Waals surface area contributed by atoms with Crippen molar-refractivity contribution in [1.29, 1.82) is 0 Å². The lowest BCUT2D eigenvalue weighted by atomic mass is 9.76. The second-order valence-corrected chi connectivity index (χ2v) is 18.9. The predicted octanol–water partition coefficient (Wildman–Crippen LogP) is 13.7. The van der Waals surface area contributed by atoms with Gasteiger partial charge in [0.25, 0.3) is 0 Å². The van der Waals surface area contributed by atoms with Crippen LogP contribution in [0.5, 0.6) is 0 Å². The van der Waals surface area contributed by atoms with Crippen molar-refractivity contribution in [3.8, 4) is 22.5 Å². The van der Waals surface area contributed by atoms with Gasteiger partial charge in [-0.15, -0.1) is 0 Å². The van der Waals surface area contributed by atoms with Crippen molar-refractivity contribution in [1.82, 2.24) is 14.1 Å². The minimum atomic E-state index is -0.671. The SMILES string of the molecule is Cc1ccc2c(c1)c1ccc(-n3c4ccc(C(C)(C)C)cc4c4cccnc43)cc1n2-c1cc(C2=N[C@]3(C)Cc4ccccc4-c4ccccc4[C@]3(C)O2)cc(C(C)C)c1. The second-order valence-electron chi connectivity index (χ2n) is 18.9. The Hall–Kier alpha value is -6.46. The molecule has 2 atom stereocenters. The zero-order valence-corrected chi connectivity index (χ0v) is 35.8. The van der Waals surface area contributed by atoms with Gasteiger partial charge in [-0.05, 0) is 127 Å². The van der Waals surface area contributed by atoms with E-state index >= 15 is 0 Å². The molecule has 60 heavy (non-hydrogen) atoms. The Bertz CT molecular complexity index is 3280. The molecule has 6 aromatic carbocycles. The summed E-state index contributed by atoms with van der Waals surface area (Å²) in [5, 5.41) is 4.82. The zero-order valence-electron chi connectivity index (χ0n) is 35.8. The van der Waals surface area contributed by atoms with Crippen molar-refractivity contribution in [3.63, 3.8) is 0 Å². The average Bonchev–Trinajstić information content (AvgIpc) is 3.82. The molecule has 3 aromatic heterocycles. The summed E-state index contributed by atoms with van der Waals surface area (Å²) in [6.45, 7) is 18.1. The number of aromatic nitrogens is 3. The standard InChI is InChI=1S/C55H50N4O/c1-33(2)36-27-37(52-57-54(7)32-35-14-9-10-15-41(35)42-16-11-12-18-47(42)55(54,8)60-52)29-40(28-36)58-48-23-19-34(3)26-45(48)43-22-21-39(31-50(43)58)59-49-24-20-38(53(4,5)6)30-46(49)44-17-13-25-56-51(44)59/h9-31,33H,32H2,1-8H3/t54-,55+/m1/s1. The largest absolute Gasteiger partial charge is 0.464 e. The van der Waals surface area contributed by atoms with Crippen molar-refractivity contribution in [2.75, 3.05) is 0 Å². The third-order valence-corrected chi connectivity index (χ3v) is 13.6. The lowest BCUT2D eigenvalue weighted by Gasteiger charge is -2.37. The highest BCUT2D eigenvalue weighted by atomic mass is 16.5. The van der Waals surface area contributed by atoms with E-state index in [0.29, 0.717) is 5.90 Å². The summed E-state index contributed by atoms with van der Waals surface area (Å²) >= 11 is 0. The lowest BCUT2D eigenvalue weighted by Crippen LogP contribution is -2.45. The van der Waals surface area contributed by atoms with Gasteiger partial charge in [0, 0.05) is 56.7 Å². The van der Waals surface area contributed by atoms with Gasteiger partial charge in [0.2, 0.25) is 5.90 Å². The molecule has 296 valence electrons. The minimum absolute atomic E-state index is 0.0317. The summed E-state index contributed by atoms with van der Waals surface area (Å²) in [4.78, 5) is 10.6. The van der Waals surface area contributed by atoms with Crippen molar-refractivity contribution >= 4 is 49.6 Å². The van der Waals surface area contributed by atoms with Crippen molar-refractivity contribution in [2.24, 2.45) is 4.99 Å². The first-order valence-electron chi connectivity index (χ1n) is 21.4. The molecule has 5 nitrogen and oxygen atoms in total. The van der Waals surface area contributed by atoms with Gasteiger partial charge in [0.15, 0.2) is 5.60 Å². The average molecular weight is 783 g/mol. The second kappa shape index (κ2) is 12.8. The molecule has 0 saturated heterocycles. The van der Waals surface area contributed by atoms with Crippen LogP contribution in [0.1, 0.15) is 87.8 Å². The number of aliphatic imine (C=N–C) groups is 1. The molecule has 9 aromatic rings. The molecular weight excluding hydrogens is 733 g/mol. The van der Waals surface area contributed by atoms with Crippen LogP contribution in [0.25, 0.3) is 66.2 Å². The van der Waals surface area contributed by atoms with E-state index in [0.717, 1.165) is 45.4 Å². The van der Waals surface area contributed by atoms with Gasteiger partial charge in [0.1, 0.15) is 11.2 Å². The molecule has 2 aliphatic rings. The molecule has 0 bridgehead atoms. The highest BCUT2D eigenvalue weighted by molar-refractivity contribution is 6.12. The van der Waals surface area contributed by atoms with Crippen molar-refractivity contribution in [3.05, 3.63) is 173 Å². The first-order chi connectivity index (χ1) is 28.8. The lowest BCUT2D eigenvalue weighted by molar-refractivity contribution is 0.0320. The highest BCUT2D eigenvalue weighted by Crippen LogP contribution is 2.53. The van der Waals surface area contributed by atoms with Crippen LogP contribution in [0.15, 0.2) is 145 Å². The molecule has 0 N–H and O–H groups in total. The summed E-state index contributed by atoms with van der Waals surface area (Å²) in [6.07, 6.45) is 2.68. The van der Waals surface area contributed by atoms with Gasteiger partial charge in [-0.25, -0.2) is 9.98 Å². The number of ether oxygens (including phenoxy) is 1. The highest BCUT2D eigenvalue weighted by Gasteiger charge is 2.56. The normalized spacial score (nSPS) is 18.8. The van der Waals surface area contributed by atoms with Gasteiger partial charge in [-0.1, -0.05) is 107 Å². The Morgan fingerprint density at radius 1 is 0.650 bits per heavy atom. The summed E-state index contributed by atoms with van der Waals surface area (Å²) in [7, 11) is 0. The van der Waals surface area contributed by atoms with Crippen LogP contribution in [0.2, 0.25) is 0 Å². The Labute approximate surface area is 352 Å². The fraction of sp³-hybridized carbons (Fsp3) is 0.236. The number of aryl methyl sites for hydroxylation is 1. The van der Waals surface area contributed by atoms with Gasteiger partial charge in [-0.2, -0.15) is 0 Å². The number of fused-ring (bicyclic) bond motifs is 11. The maximum absolute atomic E-state index is 7.29. The number of hydrogen-bond donors (Lipinski definition) is 0. The van der Waals surface area contributed by atoms with Gasteiger partial charge in [-0.3, -0.25) is 4.57 Å².